The van der Waals surface area contributed by atoms with Crippen LogP contribution in [0.3, 0.4) is 0 Å². The highest BCUT2D eigenvalue weighted by molar-refractivity contribution is 8.01. The molecule has 3 atom stereocenters. The van der Waals surface area contributed by atoms with Crippen LogP contribution in [0, 0.1) is 0 Å². The van der Waals surface area contributed by atoms with E-state index in [2.05, 4.69) is 26.0 Å². The fourth-order valence-corrected chi connectivity index (χ4v) is 5.84. The lowest BCUT2D eigenvalue weighted by atomic mass is 10.0. The number of oxime groups is 1. The summed E-state index contributed by atoms with van der Waals surface area (Å²) in [5, 5.41) is 27.3. The smallest absolute Gasteiger partial charge is 0.352 e. The number of carbonyl (C=O) groups excluding carboxylic acids is 2. The van der Waals surface area contributed by atoms with Crippen molar-refractivity contribution < 1.29 is 28.7 Å². The second-order valence-electron chi connectivity index (χ2n) is 7.15. The summed E-state index contributed by atoms with van der Waals surface area (Å²) in [4.78, 5) is 43.6. The number of carboxylic acid groups (broad SMARTS) is 1. The highest BCUT2D eigenvalue weighted by atomic mass is 32.2. The van der Waals surface area contributed by atoms with Crippen LogP contribution < -0.4 is 11.1 Å². The van der Waals surface area contributed by atoms with Crippen LogP contribution in [0.4, 0.5) is 0 Å². The molecule has 2 aromatic rings. The van der Waals surface area contributed by atoms with Crippen LogP contribution in [0.5, 0.6) is 0 Å². The molecule has 2 aliphatic rings. The van der Waals surface area contributed by atoms with Crippen LogP contribution in [0.15, 0.2) is 44.4 Å². The number of carboxylic acids is 1. The minimum absolute atomic E-state index is 0.108. The van der Waals surface area contributed by atoms with Crippen molar-refractivity contribution in [2.24, 2.45) is 10.9 Å². The van der Waals surface area contributed by atoms with Crippen molar-refractivity contribution >= 4 is 47.0 Å². The van der Waals surface area contributed by atoms with Crippen LogP contribution >= 0.6 is 23.5 Å². The first-order chi connectivity index (χ1) is 16.3. The van der Waals surface area contributed by atoms with Gasteiger partial charge in [-0.1, -0.05) is 16.9 Å². The predicted octanol–water partition coefficient (Wildman–Crippen LogP) is -0.375. The van der Waals surface area contributed by atoms with Gasteiger partial charge < -0.3 is 25.4 Å². The van der Waals surface area contributed by atoms with E-state index in [0.29, 0.717) is 16.5 Å². The molecule has 0 saturated carbocycles. The van der Waals surface area contributed by atoms with Gasteiger partial charge in [-0.2, -0.15) is 0 Å². The zero-order chi connectivity index (χ0) is 24.4. The van der Waals surface area contributed by atoms with E-state index < -0.39 is 35.4 Å². The van der Waals surface area contributed by atoms with Gasteiger partial charge >= 0.3 is 5.97 Å². The lowest BCUT2D eigenvalue weighted by Gasteiger charge is -2.49. The van der Waals surface area contributed by atoms with Crippen molar-refractivity contribution in [1.29, 1.82) is 0 Å². The number of nitrogens with one attached hydrogen (secondary N) is 1. The average molecular weight is 509 g/mol. The maximum absolute atomic E-state index is 12.9. The van der Waals surface area contributed by atoms with E-state index in [1.165, 1.54) is 52.5 Å². The summed E-state index contributed by atoms with van der Waals surface area (Å²) in [6, 6.07) is 2.18. The Bertz CT molecular complexity index is 1160. The number of hydrogen-bond acceptors (Lipinski definition) is 12. The largest absolute Gasteiger partial charge is 0.477 e. The Morgan fingerprint density at radius 1 is 1.53 bits per heavy atom. The Hall–Kier alpha value is -3.37. The molecular formula is C18H20N8O6S2. The number of fused-ring (bicyclic) bond motifs is 1. The van der Waals surface area contributed by atoms with Gasteiger partial charge in [0.2, 0.25) is 10.9 Å². The van der Waals surface area contributed by atoms with E-state index in [1.807, 2.05) is 0 Å². The summed E-state index contributed by atoms with van der Waals surface area (Å²) < 4.78 is 6.62. The zero-order valence-corrected chi connectivity index (χ0v) is 19.6. The van der Waals surface area contributed by atoms with Gasteiger partial charge in [-0.05, 0) is 35.1 Å². The Labute approximate surface area is 200 Å². The van der Waals surface area contributed by atoms with Crippen LogP contribution in [0.1, 0.15) is 18.8 Å². The van der Waals surface area contributed by atoms with Crippen molar-refractivity contribution in [2.75, 3.05) is 18.6 Å². The van der Waals surface area contributed by atoms with E-state index in [-0.39, 0.29) is 22.9 Å². The first kappa shape index (κ1) is 23.8. The Kier molecular flexibility index (Phi) is 6.90. The second-order valence-corrected chi connectivity index (χ2v) is 9.20. The van der Waals surface area contributed by atoms with Crippen molar-refractivity contribution in [3.63, 3.8) is 0 Å². The molecule has 4 heterocycles. The van der Waals surface area contributed by atoms with Gasteiger partial charge in [0.25, 0.3) is 11.8 Å². The second kappa shape index (κ2) is 9.86. The molecule has 14 nitrogen and oxygen atoms in total. The SMILES string of the molecule is CO/N=C(\C(=O)NC1C(=O)N2C(C(=O)O)=C(CSc3nnnn3C(C)N)CSC12)c1ccco1. The summed E-state index contributed by atoms with van der Waals surface area (Å²) in [6.45, 7) is 1.71. The van der Waals surface area contributed by atoms with E-state index in [4.69, 9.17) is 15.0 Å². The summed E-state index contributed by atoms with van der Waals surface area (Å²) in [6.07, 6.45) is 0.918. The van der Waals surface area contributed by atoms with Crippen LogP contribution in [0.2, 0.25) is 0 Å². The van der Waals surface area contributed by atoms with Gasteiger partial charge in [0.1, 0.15) is 30.4 Å². The fourth-order valence-electron chi connectivity index (χ4n) is 3.39. The van der Waals surface area contributed by atoms with Crippen molar-refractivity contribution in [3.05, 3.63) is 35.4 Å². The molecule has 0 aromatic carbocycles. The number of carbonyl (C=O) groups is 3. The van der Waals surface area contributed by atoms with Gasteiger partial charge in [0.15, 0.2) is 5.76 Å². The number of rotatable bonds is 9. The minimum atomic E-state index is -1.23. The van der Waals surface area contributed by atoms with Gasteiger partial charge in [-0.15, -0.1) is 16.9 Å². The standard InChI is InChI=1S/C18H20N8O6S2/c1-8(19)26-18(21-23-24-26)34-7-9-6-33-16-12(15(28)25(16)13(9)17(29)30)20-14(27)11(22-31-2)10-4-3-5-32-10/h3-5,8,12,16H,6-7,19H2,1-2H3,(H,20,27)(H,29,30)/b22-11-. The predicted molar refractivity (Wildman–Crippen MR) is 119 cm³/mol. The molecule has 2 aromatic heterocycles. The van der Waals surface area contributed by atoms with Crippen molar-refractivity contribution in [1.82, 2.24) is 30.4 Å². The van der Waals surface area contributed by atoms with E-state index in [1.54, 1.807) is 13.0 Å². The molecule has 2 amide bonds. The summed E-state index contributed by atoms with van der Waals surface area (Å²) in [5.41, 5.74) is 6.11. The molecule has 34 heavy (non-hydrogen) atoms. The van der Waals surface area contributed by atoms with Crippen LogP contribution in [-0.2, 0) is 19.2 Å². The minimum Gasteiger partial charge on any atom is -0.477 e. The number of tetrazole rings is 1. The van der Waals surface area contributed by atoms with Gasteiger partial charge in [0, 0.05) is 11.5 Å². The zero-order valence-electron chi connectivity index (χ0n) is 17.9. The normalized spacial score (nSPS) is 21.1. The van der Waals surface area contributed by atoms with Crippen molar-refractivity contribution in [3.8, 4) is 0 Å². The molecule has 16 heteroatoms. The molecule has 1 saturated heterocycles. The number of aliphatic carboxylic acids is 1. The Morgan fingerprint density at radius 3 is 2.97 bits per heavy atom. The van der Waals surface area contributed by atoms with Crippen LogP contribution in [0.25, 0.3) is 0 Å². The molecule has 0 aliphatic carbocycles. The molecule has 1 fully saturated rings. The molecule has 3 unspecified atom stereocenters. The number of nitrogens with two attached hydrogens (primary N) is 1. The van der Waals surface area contributed by atoms with Gasteiger partial charge in [0.05, 0.1) is 6.26 Å². The Balaban J connectivity index is 1.49. The van der Waals surface area contributed by atoms with E-state index >= 15 is 0 Å². The maximum atomic E-state index is 12.9. The highest BCUT2D eigenvalue weighted by Crippen LogP contribution is 2.41. The molecular weight excluding hydrogens is 488 g/mol. The lowest BCUT2D eigenvalue weighted by molar-refractivity contribution is -0.150. The monoisotopic (exact) mass is 508 g/mol. The summed E-state index contributed by atoms with van der Waals surface area (Å²) in [5.74, 6) is -1.70. The topological polar surface area (TPSA) is 191 Å². The number of nitrogens with zero attached hydrogens (tertiary/aromatic N) is 6. The average Bonchev–Trinajstić information content (AvgIpc) is 3.50. The first-order valence-corrected chi connectivity index (χ1v) is 11.9. The number of aromatic nitrogens is 4. The number of amides is 2. The first-order valence-electron chi connectivity index (χ1n) is 9.85. The molecule has 180 valence electrons. The number of β-lactam (4-membered cyclic amide) rings is 1. The lowest BCUT2D eigenvalue weighted by Crippen LogP contribution is -2.71. The third-order valence-corrected chi connectivity index (χ3v) is 7.27. The molecule has 2 aliphatic heterocycles. The number of hydrogen-bond donors (Lipinski definition) is 3. The number of furan rings is 1. The van der Waals surface area contributed by atoms with Crippen LogP contribution in [-0.4, -0.2) is 83.7 Å². The summed E-state index contributed by atoms with van der Waals surface area (Å²) >= 11 is 2.57. The molecule has 0 bridgehead atoms. The number of thioether (sulfide) groups is 2. The van der Waals surface area contributed by atoms with E-state index in [0.717, 1.165) is 0 Å². The summed E-state index contributed by atoms with van der Waals surface area (Å²) in [7, 11) is 1.28. The van der Waals surface area contributed by atoms with Gasteiger partial charge in [-0.3, -0.25) is 14.5 Å². The van der Waals surface area contributed by atoms with Gasteiger partial charge in [-0.25, -0.2) is 9.48 Å². The fraction of sp³-hybridized carbons (Fsp3) is 0.389. The van der Waals surface area contributed by atoms with E-state index in [9.17, 15) is 19.5 Å². The highest BCUT2D eigenvalue weighted by Gasteiger charge is 2.54. The third kappa shape index (κ3) is 4.38. The maximum Gasteiger partial charge on any atom is 0.352 e. The Morgan fingerprint density at radius 2 is 2.32 bits per heavy atom. The quantitative estimate of drug-likeness (QED) is 0.172. The third-order valence-electron chi connectivity index (χ3n) is 4.91. The molecule has 4 rings (SSSR count). The molecule has 0 radical (unpaired) electrons. The molecule has 4 N–H and O–H groups in total. The molecule has 0 spiro atoms. The van der Waals surface area contributed by atoms with Crippen molar-refractivity contribution in [2.45, 2.75) is 29.7 Å².